The second kappa shape index (κ2) is 10.6. The van der Waals surface area contributed by atoms with Gasteiger partial charge in [-0.15, -0.1) is 0 Å². The minimum Gasteiger partial charge on any atom is -0.315 e. The van der Waals surface area contributed by atoms with Crippen LogP contribution in [0, 0.1) is 11.8 Å². The van der Waals surface area contributed by atoms with Crippen LogP contribution < -0.4 is 10.6 Å². The van der Waals surface area contributed by atoms with Gasteiger partial charge in [-0.3, -0.25) is 0 Å². The van der Waals surface area contributed by atoms with Crippen LogP contribution in [0.4, 0.5) is 0 Å². The van der Waals surface area contributed by atoms with Gasteiger partial charge < -0.3 is 10.6 Å². The van der Waals surface area contributed by atoms with Crippen molar-refractivity contribution in [3.8, 4) is 0 Å². The fourth-order valence-electron chi connectivity index (χ4n) is 4.92. The zero-order valence-corrected chi connectivity index (χ0v) is 15.2. The number of hydrogen-bond donors (Lipinski definition) is 2. The number of nitrogens with one attached hydrogen (secondary N) is 2. The van der Waals surface area contributed by atoms with Gasteiger partial charge in [0, 0.05) is 12.1 Å². The number of rotatable bonds is 10. The largest absolute Gasteiger partial charge is 0.315 e. The summed E-state index contributed by atoms with van der Waals surface area (Å²) in [5.41, 5.74) is 0. The third kappa shape index (κ3) is 5.53. The Balaban J connectivity index is 1.68. The maximum absolute atomic E-state index is 3.88. The van der Waals surface area contributed by atoms with E-state index in [0.29, 0.717) is 6.04 Å². The van der Waals surface area contributed by atoms with E-state index in [1.807, 2.05) is 0 Å². The van der Waals surface area contributed by atoms with E-state index >= 15 is 0 Å². The fraction of sp³-hybridized carbons (Fsp3) is 1.00. The van der Waals surface area contributed by atoms with Gasteiger partial charge in [-0.25, -0.2) is 0 Å². The van der Waals surface area contributed by atoms with Gasteiger partial charge in [0.2, 0.25) is 0 Å². The van der Waals surface area contributed by atoms with Crippen LogP contribution in [0.2, 0.25) is 0 Å². The van der Waals surface area contributed by atoms with Gasteiger partial charge in [-0.2, -0.15) is 0 Å². The van der Waals surface area contributed by atoms with Gasteiger partial charge in [0.25, 0.3) is 0 Å². The molecule has 0 amide bonds. The van der Waals surface area contributed by atoms with Gasteiger partial charge in [0.1, 0.15) is 0 Å². The first-order chi connectivity index (χ1) is 10.9. The molecular weight excluding hydrogens is 268 g/mol. The van der Waals surface area contributed by atoms with Crippen molar-refractivity contribution < 1.29 is 0 Å². The average Bonchev–Trinajstić information content (AvgIpc) is 2.57. The van der Waals surface area contributed by atoms with Gasteiger partial charge in [-0.05, 0) is 44.7 Å². The van der Waals surface area contributed by atoms with Crippen molar-refractivity contribution in [2.45, 2.75) is 102 Å². The molecule has 0 aromatic rings. The highest BCUT2D eigenvalue weighted by atomic mass is 15.0. The molecular formula is C20H40N2. The molecule has 4 unspecified atom stereocenters. The van der Waals surface area contributed by atoms with Crippen molar-refractivity contribution in [2.24, 2.45) is 11.8 Å². The second-order valence-corrected chi connectivity index (χ2v) is 7.78. The molecule has 1 heterocycles. The smallest absolute Gasteiger partial charge is 0.0251 e. The third-order valence-corrected chi connectivity index (χ3v) is 6.25. The molecule has 2 N–H and O–H groups in total. The van der Waals surface area contributed by atoms with E-state index in [1.165, 1.54) is 90.0 Å². The highest BCUT2D eigenvalue weighted by molar-refractivity contribution is 4.95. The molecule has 0 aromatic carbocycles. The Kier molecular flexibility index (Phi) is 8.84. The normalized spacial score (nSPS) is 30.0. The van der Waals surface area contributed by atoms with E-state index in [0.717, 1.165) is 17.9 Å². The first-order valence-corrected chi connectivity index (χ1v) is 10.3. The first kappa shape index (κ1) is 18.3. The van der Waals surface area contributed by atoms with E-state index in [1.54, 1.807) is 0 Å². The lowest BCUT2D eigenvalue weighted by Crippen LogP contribution is -2.56. The Hall–Kier alpha value is -0.0800. The SMILES string of the molecule is CCCCCCCCCC(NC)C1NCCC2CCCCC21. The Labute approximate surface area is 139 Å². The lowest BCUT2D eigenvalue weighted by Gasteiger charge is -2.45. The topological polar surface area (TPSA) is 24.1 Å². The molecule has 1 saturated heterocycles. The van der Waals surface area contributed by atoms with Gasteiger partial charge >= 0.3 is 0 Å². The van der Waals surface area contributed by atoms with Crippen LogP contribution in [0.15, 0.2) is 0 Å². The van der Waals surface area contributed by atoms with E-state index < -0.39 is 0 Å². The maximum Gasteiger partial charge on any atom is 0.0251 e. The highest BCUT2D eigenvalue weighted by Crippen LogP contribution is 2.38. The molecule has 1 saturated carbocycles. The summed E-state index contributed by atoms with van der Waals surface area (Å²) in [6, 6.07) is 1.44. The molecule has 0 radical (unpaired) electrons. The minimum absolute atomic E-state index is 0.696. The molecule has 1 aliphatic heterocycles. The Morgan fingerprint density at radius 2 is 1.68 bits per heavy atom. The third-order valence-electron chi connectivity index (χ3n) is 6.25. The summed E-state index contributed by atoms with van der Waals surface area (Å²) in [5, 5.41) is 7.53. The molecule has 0 spiro atoms. The van der Waals surface area contributed by atoms with Crippen LogP contribution in [-0.4, -0.2) is 25.7 Å². The number of piperidine rings is 1. The standard InChI is InChI=1S/C20H40N2/c1-3-4-5-6-7-8-9-14-19(21-2)20-18-13-11-10-12-17(18)15-16-22-20/h17-22H,3-16H2,1-2H3. The summed E-state index contributed by atoms with van der Waals surface area (Å²) in [5.74, 6) is 1.97. The molecule has 2 heteroatoms. The number of likely N-dealkylation sites (N-methyl/N-ethyl adjacent to an activating group) is 1. The van der Waals surface area contributed by atoms with Crippen molar-refractivity contribution in [2.75, 3.05) is 13.6 Å². The van der Waals surface area contributed by atoms with E-state index in [4.69, 9.17) is 0 Å². The van der Waals surface area contributed by atoms with Crippen LogP contribution in [0.3, 0.4) is 0 Å². The highest BCUT2D eigenvalue weighted by Gasteiger charge is 2.37. The number of hydrogen-bond acceptors (Lipinski definition) is 2. The molecule has 2 fully saturated rings. The van der Waals surface area contributed by atoms with Crippen LogP contribution in [0.25, 0.3) is 0 Å². The molecule has 2 nitrogen and oxygen atoms in total. The fourth-order valence-corrected chi connectivity index (χ4v) is 4.92. The lowest BCUT2D eigenvalue weighted by atomic mass is 9.69. The number of fused-ring (bicyclic) bond motifs is 1. The summed E-state index contributed by atoms with van der Waals surface area (Å²) >= 11 is 0. The molecule has 22 heavy (non-hydrogen) atoms. The Morgan fingerprint density at radius 3 is 2.45 bits per heavy atom. The predicted molar refractivity (Wildman–Crippen MR) is 97.3 cm³/mol. The molecule has 130 valence electrons. The lowest BCUT2D eigenvalue weighted by molar-refractivity contribution is 0.109. The zero-order chi connectivity index (χ0) is 15.6. The summed E-state index contributed by atoms with van der Waals surface area (Å²) in [6.45, 7) is 3.55. The van der Waals surface area contributed by atoms with Crippen LogP contribution in [-0.2, 0) is 0 Å². The molecule has 1 aliphatic carbocycles. The monoisotopic (exact) mass is 308 g/mol. The molecule has 2 rings (SSSR count). The summed E-state index contributed by atoms with van der Waals surface area (Å²) in [6.07, 6.45) is 18.7. The predicted octanol–water partition coefficient (Wildman–Crippen LogP) is 4.88. The van der Waals surface area contributed by atoms with Crippen molar-refractivity contribution in [3.05, 3.63) is 0 Å². The van der Waals surface area contributed by atoms with Crippen molar-refractivity contribution >= 4 is 0 Å². The summed E-state index contributed by atoms with van der Waals surface area (Å²) in [7, 11) is 2.18. The Morgan fingerprint density at radius 1 is 0.955 bits per heavy atom. The number of unbranched alkanes of at least 4 members (excludes halogenated alkanes) is 6. The molecule has 2 aliphatic rings. The second-order valence-electron chi connectivity index (χ2n) is 7.78. The van der Waals surface area contributed by atoms with Crippen molar-refractivity contribution in [3.63, 3.8) is 0 Å². The van der Waals surface area contributed by atoms with Crippen molar-refractivity contribution in [1.82, 2.24) is 10.6 Å². The molecule has 4 atom stereocenters. The zero-order valence-electron chi connectivity index (χ0n) is 15.2. The average molecular weight is 309 g/mol. The molecule has 0 bridgehead atoms. The first-order valence-electron chi connectivity index (χ1n) is 10.3. The van der Waals surface area contributed by atoms with Crippen LogP contribution in [0.1, 0.15) is 90.4 Å². The van der Waals surface area contributed by atoms with Crippen LogP contribution in [0.5, 0.6) is 0 Å². The van der Waals surface area contributed by atoms with Gasteiger partial charge in [0.05, 0.1) is 0 Å². The molecule has 0 aromatic heterocycles. The maximum atomic E-state index is 3.88. The quantitative estimate of drug-likeness (QED) is 0.562. The van der Waals surface area contributed by atoms with Crippen molar-refractivity contribution in [1.29, 1.82) is 0 Å². The van der Waals surface area contributed by atoms with Gasteiger partial charge in [0.15, 0.2) is 0 Å². The van der Waals surface area contributed by atoms with Crippen LogP contribution >= 0.6 is 0 Å². The van der Waals surface area contributed by atoms with E-state index in [2.05, 4.69) is 24.6 Å². The Bertz CT molecular complexity index is 277. The van der Waals surface area contributed by atoms with E-state index in [9.17, 15) is 0 Å². The summed E-state index contributed by atoms with van der Waals surface area (Å²) in [4.78, 5) is 0. The minimum atomic E-state index is 0.696. The summed E-state index contributed by atoms with van der Waals surface area (Å²) < 4.78 is 0. The van der Waals surface area contributed by atoms with Gasteiger partial charge in [-0.1, -0.05) is 71.1 Å². The van der Waals surface area contributed by atoms with E-state index in [-0.39, 0.29) is 0 Å².